The van der Waals surface area contributed by atoms with E-state index in [1.165, 1.54) is 30.1 Å². The van der Waals surface area contributed by atoms with Crippen LogP contribution in [-0.2, 0) is 19.1 Å². The van der Waals surface area contributed by atoms with Gasteiger partial charge < -0.3 is 0 Å². The summed E-state index contributed by atoms with van der Waals surface area (Å²) in [5, 5.41) is 4.10. The third-order valence-electron chi connectivity index (χ3n) is 7.48. The Hall–Kier alpha value is -2.76. The molecule has 0 aliphatic heterocycles. The van der Waals surface area contributed by atoms with Crippen LogP contribution in [0.4, 0.5) is 0 Å². The molecule has 3 aromatic carbocycles. The number of carbonyl (C=O) groups is 2. The first-order chi connectivity index (χ1) is 18.4. The number of rotatable bonds is 11. The number of carbonyl (C=O) groups excluding carboxylic acids is 2. The van der Waals surface area contributed by atoms with E-state index in [9.17, 15) is 9.59 Å². The van der Waals surface area contributed by atoms with Crippen molar-refractivity contribution in [3.63, 3.8) is 0 Å². The van der Waals surface area contributed by atoms with Gasteiger partial charge in [0.2, 0.25) is 0 Å². The molecular weight excluding hydrogens is 606 g/mol. The third kappa shape index (κ3) is 4.99. The monoisotopic (exact) mass is 640 g/mol. The summed E-state index contributed by atoms with van der Waals surface area (Å²) >= 11 is 2.81. The summed E-state index contributed by atoms with van der Waals surface area (Å²) in [7, 11) is 2.79. The normalized spacial score (nSPS) is 15.3. The van der Waals surface area contributed by atoms with Crippen LogP contribution in [0.1, 0.15) is 32.6 Å². The fourth-order valence-electron chi connectivity index (χ4n) is 5.43. The van der Waals surface area contributed by atoms with Crippen molar-refractivity contribution in [1.82, 2.24) is 0 Å². The predicted octanol–water partition coefficient (Wildman–Crippen LogP) is 6.40. The minimum atomic E-state index is -2.81. The Balaban J connectivity index is 1.61. The van der Waals surface area contributed by atoms with Crippen molar-refractivity contribution < 1.29 is 19.1 Å². The molecule has 0 atom stereocenters. The Bertz CT molecular complexity index is 1260. The molecule has 0 amide bonds. The van der Waals surface area contributed by atoms with Crippen LogP contribution >= 0.6 is 26.3 Å². The number of unbranched alkanes of at least 4 members (excludes halogenated alkanes) is 2. The molecule has 1 aliphatic carbocycles. The summed E-state index contributed by atoms with van der Waals surface area (Å²) in [4.78, 5) is 25.8. The molecule has 0 radical (unpaired) electrons. The zero-order valence-corrected chi connectivity index (χ0v) is 25.2. The predicted molar refractivity (Wildman–Crippen MR) is 166 cm³/mol. The summed E-state index contributed by atoms with van der Waals surface area (Å²) in [5.74, 6) is -0.511. The van der Waals surface area contributed by atoms with Gasteiger partial charge in [0.25, 0.3) is 0 Å². The minimum absolute atomic E-state index is 0.00499. The van der Waals surface area contributed by atoms with E-state index in [0.29, 0.717) is 17.6 Å². The van der Waals surface area contributed by atoms with E-state index < -0.39 is 4.25 Å². The van der Waals surface area contributed by atoms with Crippen LogP contribution in [-0.4, -0.2) is 31.9 Å². The molecule has 38 heavy (non-hydrogen) atoms. The Morgan fingerprint density at radius 2 is 1.05 bits per heavy atom. The zero-order valence-electron chi connectivity index (χ0n) is 22.2. The second-order valence-electron chi connectivity index (χ2n) is 9.55. The van der Waals surface area contributed by atoms with E-state index in [1.807, 2.05) is 0 Å². The van der Waals surface area contributed by atoms with Crippen molar-refractivity contribution >= 4 is 53.8 Å². The average molecular weight is 640 g/mol. The molecule has 0 fully saturated rings. The fourth-order valence-corrected chi connectivity index (χ4v) is 14.2. The van der Waals surface area contributed by atoms with Gasteiger partial charge in [-0.05, 0) is 0 Å². The number of allylic oxidation sites excluding steroid dienone is 2. The Morgan fingerprint density at radius 3 is 1.47 bits per heavy atom. The second kappa shape index (κ2) is 12.0. The number of methoxy groups -OCH3 is 2. The van der Waals surface area contributed by atoms with Crippen LogP contribution < -0.4 is 15.9 Å². The van der Waals surface area contributed by atoms with Crippen LogP contribution in [0.5, 0.6) is 0 Å². The SMILES string of the molecule is COC1=C(OC)C(=O)C(CCCCCP(I)(c2ccccc2)(c2ccccc2)c2ccccc2)=C(C)C1=O. The molecule has 0 saturated carbocycles. The maximum absolute atomic E-state index is 13.0. The maximum atomic E-state index is 13.0. The van der Waals surface area contributed by atoms with E-state index in [0.717, 1.165) is 25.4 Å². The second-order valence-corrected chi connectivity index (χ2v) is 20.3. The molecule has 4 rings (SSSR count). The van der Waals surface area contributed by atoms with Gasteiger partial charge in [-0.15, -0.1) is 0 Å². The number of ketones is 2. The van der Waals surface area contributed by atoms with Gasteiger partial charge in [0.05, 0.1) is 0 Å². The molecule has 0 bridgehead atoms. The molecule has 0 heterocycles. The Morgan fingerprint density at radius 1 is 0.632 bits per heavy atom. The van der Waals surface area contributed by atoms with E-state index in [2.05, 4.69) is 113 Å². The van der Waals surface area contributed by atoms with Crippen molar-refractivity contribution in [1.29, 1.82) is 0 Å². The molecule has 6 heteroatoms. The molecule has 0 unspecified atom stereocenters. The number of benzene rings is 3. The molecule has 0 aromatic heterocycles. The quantitative estimate of drug-likeness (QED) is 0.105. The number of hydrogen-bond donors (Lipinski definition) is 0. The molecule has 0 spiro atoms. The Labute approximate surface area is 238 Å². The van der Waals surface area contributed by atoms with Gasteiger partial charge in [0.15, 0.2) is 0 Å². The average Bonchev–Trinajstić information content (AvgIpc) is 2.97. The van der Waals surface area contributed by atoms with Gasteiger partial charge >= 0.3 is 239 Å². The molecule has 1 aliphatic rings. The van der Waals surface area contributed by atoms with Gasteiger partial charge in [-0.25, -0.2) is 0 Å². The standard InChI is InChI=1S/C32H34IO4P/c1-24-28(30(35)32(37-3)31(36-2)29(24)34)22-14-7-15-23-38(33,25-16-8-4-9-17-25,26-18-10-5-11-19-26)27-20-12-6-13-21-27/h4-6,8-13,16-21H,7,14-15,22-23H2,1-3H3. The molecule has 198 valence electrons. The van der Waals surface area contributed by atoms with Gasteiger partial charge in [-0.2, -0.15) is 0 Å². The molecule has 3 aromatic rings. The van der Waals surface area contributed by atoms with E-state index >= 15 is 0 Å². The number of halogens is 1. The third-order valence-corrected chi connectivity index (χ3v) is 19.2. The molecule has 0 N–H and O–H groups in total. The Kier molecular flexibility index (Phi) is 8.89. The van der Waals surface area contributed by atoms with Crippen molar-refractivity contribution in [2.24, 2.45) is 0 Å². The first kappa shape index (κ1) is 28.3. The van der Waals surface area contributed by atoms with Gasteiger partial charge in [-0.3, -0.25) is 0 Å². The molecule has 4 nitrogen and oxygen atoms in total. The van der Waals surface area contributed by atoms with Crippen molar-refractivity contribution in [3.05, 3.63) is 114 Å². The van der Waals surface area contributed by atoms with E-state index in [4.69, 9.17) is 9.47 Å². The van der Waals surface area contributed by atoms with Crippen molar-refractivity contribution in [2.75, 3.05) is 20.4 Å². The van der Waals surface area contributed by atoms with Crippen LogP contribution in [0, 0.1) is 0 Å². The van der Waals surface area contributed by atoms with Crippen molar-refractivity contribution in [3.8, 4) is 0 Å². The summed E-state index contributed by atoms with van der Waals surface area (Å²) in [6, 6.07) is 32.7. The summed E-state index contributed by atoms with van der Waals surface area (Å²) in [5.41, 5.74) is 0.993. The summed E-state index contributed by atoms with van der Waals surface area (Å²) in [6.07, 6.45) is 4.29. The molecular formula is C32H34IO4P. The van der Waals surface area contributed by atoms with Gasteiger partial charge in [0, 0.05) is 0 Å². The van der Waals surface area contributed by atoms with Crippen LogP contribution in [0.25, 0.3) is 0 Å². The number of Topliss-reactive ketones (excluding diaryl/α,β-unsaturated/α-hetero) is 2. The van der Waals surface area contributed by atoms with E-state index in [1.54, 1.807) is 6.92 Å². The van der Waals surface area contributed by atoms with Crippen LogP contribution in [0.15, 0.2) is 114 Å². The number of ether oxygens (including phenoxy) is 2. The topological polar surface area (TPSA) is 52.6 Å². The molecule has 0 saturated heterocycles. The number of hydrogen-bond acceptors (Lipinski definition) is 4. The van der Waals surface area contributed by atoms with E-state index in [-0.39, 0.29) is 23.1 Å². The fraction of sp³-hybridized carbons (Fsp3) is 0.250. The van der Waals surface area contributed by atoms with Gasteiger partial charge in [0.1, 0.15) is 0 Å². The van der Waals surface area contributed by atoms with Crippen molar-refractivity contribution in [2.45, 2.75) is 32.6 Å². The summed E-state index contributed by atoms with van der Waals surface area (Å²) in [6.45, 7) is 1.71. The first-order valence-electron chi connectivity index (χ1n) is 12.9. The summed E-state index contributed by atoms with van der Waals surface area (Å²) < 4.78 is 7.60. The van der Waals surface area contributed by atoms with Gasteiger partial charge in [-0.1, -0.05) is 0 Å². The van der Waals surface area contributed by atoms with Crippen LogP contribution in [0.3, 0.4) is 0 Å². The first-order valence-corrected chi connectivity index (χ1v) is 18.1. The van der Waals surface area contributed by atoms with Crippen LogP contribution in [0.2, 0.25) is 0 Å². The zero-order chi connectivity index (χ0) is 27.2.